The molecule has 4 rings (SSSR count). The van der Waals surface area contributed by atoms with Gasteiger partial charge in [0.1, 0.15) is 11.6 Å². The quantitative estimate of drug-likeness (QED) is 0.699. The molecule has 0 unspecified atom stereocenters. The molecule has 7 heteroatoms. The van der Waals surface area contributed by atoms with E-state index in [1.165, 1.54) is 6.92 Å². The first-order valence-electron chi connectivity index (χ1n) is 9.51. The van der Waals surface area contributed by atoms with Gasteiger partial charge in [-0.05, 0) is 42.7 Å². The zero-order valence-corrected chi connectivity index (χ0v) is 17.4. The highest BCUT2D eigenvalue weighted by atomic mass is 35.5. The molecule has 3 aromatic heterocycles. The third-order valence-electron chi connectivity index (χ3n) is 4.99. The van der Waals surface area contributed by atoms with Gasteiger partial charge >= 0.3 is 0 Å². The minimum absolute atomic E-state index is 0.118. The molecule has 0 bridgehead atoms. The lowest BCUT2D eigenvalue weighted by atomic mass is 10.0. The molecule has 148 valence electrons. The summed E-state index contributed by atoms with van der Waals surface area (Å²) in [5, 5.41) is 3.33. The molecule has 6 nitrogen and oxygen atoms in total. The number of aryl methyl sites for hydroxylation is 2. The number of fused-ring (bicyclic) bond motifs is 1. The molecular weight excluding hydrogens is 386 g/mol. The van der Waals surface area contributed by atoms with E-state index in [9.17, 15) is 4.79 Å². The molecule has 1 aliphatic rings. The highest BCUT2D eigenvalue weighted by Crippen LogP contribution is 2.32. The van der Waals surface area contributed by atoms with Crippen LogP contribution in [0.25, 0.3) is 11.3 Å². The molecule has 0 spiro atoms. The van der Waals surface area contributed by atoms with Gasteiger partial charge in [0.25, 0.3) is 0 Å². The third-order valence-corrected chi connectivity index (χ3v) is 5.29. The van der Waals surface area contributed by atoms with Gasteiger partial charge in [0.2, 0.25) is 5.91 Å². The van der Waals surface area contributed by atoms with Crippen LogP contribution in [0.4, 0.5) is 11.6 Å². The van der Waals surface area contributed by atoms with Crippen LogP contribution in [0.15, 0.2) is 36.7 Å². The molecule has 0 saturated heterocycles. The van der Waals surface area contributed by atoms with Crippen molar-refractivity contribution in [3.63, 3.8) is 0 Å². The van der Waals surface area contributed by atoms with E-state index in [0.717, 1.165) is 52.4 Å². The number of nitrogens with one attached hydrogen (secondary N) is 1. The summed E-state index contributed by atoms with van der Waals surface area (Å²) in [5.74, 6) is 1.34. The van der Waals surface area contributed by atoms with Gasteiger partial charge in [-0.1, -0.05) is 23.7 Å². The number of anilines is 2. The number of hydrogen-bond acceptors (Lipinski definition) is 5. The Bertz CT molecular complexity index is 1100. The summed E-state index contributed by atoms with van der Waals surface area (Å²) >= 11 is 6.46. The Labute approximate surface area is 175 Å². The zero-order valence-electron chi connectivity index (χ0n) is 16.7. The van der Waals surface area contributed by atoms with Crippen LogP contribution in [0.3, 0.4) is 0 Å². The maximum atomic E-state index is 11.3. The molecule has 0 atom stereocenters. The standard InChI is InChI=1S/C22H22ClN5O/c1-13-8-14(2)22(25-10-13)17-9-21(24-11-18(17)23)28-7-6-19-16(12-28)4-5-20(27-19)26-15(3)29/h4-5,8-11H,6-7,12H2,1-3H3,(H,26,27,29). The fourth-order valence-corrected chi connectivity index (χ4v) is 3.83. The average molecular weight is 408 g/mol. The predicted octanol–water partition coefficient (Wildman–Crippen LogP) is 4.33. The number of carbonyl (C=O) groups is 1. The Morgan fingerprint density at radius 2 is 2.00 bits per heavy atom. The summed E-state index contributed by atoms with van der Waals surface area (Å²) < 4.78 is 0. The second-order valence-electron chi connectivity index (χ2n) is 7.36. The van der Waals surface area contributed by atoms with Crippen molar-refractivity contribution in [2.45, 2.75) is 33.7 Å². The first kappa shape index (κ1) is 19.3. The summed E-state index contributed by atoms with van der Waals surface area (Å²) in [6, 6.07) is 7.97. The first-order chi connectivity index (χ1) is 13.9. The monoisotopic (exact) mass is 407 g/mol. The molecular formula is C22H22ClN5O. The van der Waals surface area contributed by atoms with E-state index in [0.29, 0.717) is 17.4 Å². The van der Waals surface area contributed by atoms with Crippen molar-refractivity contribution in [3.8, 4) is 11.3 Å². The van der Waals surface area contributed by atoms with Gasteiger partial charge in [-0.2, -0.15) is 0 Å². The van der Waals surface area contributed by atoms with Crippen molar-refractivity contribution in [2.75, 3.05) is 16.8 Å². The molecule has 0 aromatic carbocycles. The maximum Gasteiger partial charge on any atom is 0.222 e. The molecule has 29 heavy (non-hydrogen) atoms. The lowest BCUT2D eigenvalue weighted by Gasteiger charge is -2.29. The van der Waals surface area contributed by atoms with Crippen molar-refractivity contribution in [3.05, 3.63) is 64.1 Å². The molecule has 4 heterocycles. The van der Waals surface area contributed by atoms with Gasteiger partial charge in [0, 0.05) is 50.1 Å². The number of nitrogens with zero attached hydrogens (tertiary/aromatic N) is 4. The third kappa shape index (κ3) is 4.07. The molecule has 3 aromatic rings. The minimum atomic E-state index is -0.118. The number of hydrogen-bond donors (Lipinski definition) is 1. The predicted molar refractivity (Wildman–Crippen MR) is 115 cm³/mol. The van der Waals surface area contributed by atoms with Gasteiger partial charge < -0.3 is 10.2 Å². The summed E-state index contributed by atoms with van der Waals surface area (Å²) in [5.41, 5.74) is 6.12. The van der Waals surface area contributed by atoms with Gasteiger partial charge in [-0.3, -0.25) is 9.78 Å². The number of amides is 1. The Morgan fingerprint density at radius 1 is 1.17 bits per heavy atom. The van der Waals surface area contributed by atoms with Gasteiger partial charge in [-0.25, -0.2) is 9.97 Å². The highest BCUT2D eigenvalue weighted by Gasteiger charge is 2.21. The average Bonchev–Trinajstić information content (AvgIpc) is 2.68. The van der Waals surface area contributed by atoms with Crippen LogP contribution in [0, 0.1) is 13.8 Å². The molecule has 1 aliphatic heterocycles. The van der Waals surface area contributed by atoms with E-state index in [2.05, 4.69) is 31.2 Å². The molecule has 1 N–H and O–H groups in total. The molecule has 1 amide bonds. The van der Waals surface area contributed by atoms with Gasteiger partial charge in [0.15, 0.2) is 0 Å². The van der Waals surface area contributed by atoms with Crippen molar-refractivity contribution in [1.29, 1.82) is 0 Å². The van der Waals surface area contributed by atoms with Crippen molar-refractivity contribution in [2.24, 2.45) is 0 Å². The zero-order chi connectivity index (χ0) is 20.5. The van der Waals surface area contributed by atoms with Crippen LogP contribution in [0.2, 0.25) is 5.02 Å². The van der Waals surface area contributed by atoms with Crippen LogP contribution < -0.4 is 10.2 Å². The molecule has 0 radical (unpaired) electrons. The number of aromatic nitrogens is 3. The van der Waals surface area contributed by atoms with Crippen molar-refractivity contribution in [1.82, 2.24) is 15.0 Å². The summed E-state index contributed by atoms with van der Waals surface area (Å²) in [4.78, 5) is 27.2. The number of pyridine rings is 3. The Balaban J connectivity index is 1.62. The number of rotatable bonds is 3. The second-order valence-corrected chi connectivity index (χ2v) is 7.76. The second kappa shape index (κ2) is 7.79. The number of carbonyl (C=O) groups excluding carboxylic acids is 1. The largest absolute Gasteiger partial charge is 0.352 e. The lowest BCUT2D eigenvalue weighted by molar-refractivity contribution is -0.114. The van der Waals surface area contributed by atoms with E-state index in [1.54, 1.807) is 6.20 Å². The smallest absolute Gasteiger partial charge is 0.222 e. The Hall–Kier alpha value is -2.99. The molecule has 0 saturated carbocycles. The fourth-order valence-electron chi connectivity index (χ4n) is 3.64. The van der Waals surface area contributed by atoms with Crippen LogP contribution in [0.5, 0.6) is 0 Å². The maximum absolute atomic E-state index is 11.3. The van der Waals surface area contributed by atoms with Crippen molar-refractivity contribution >= 4 is 29.1 Å². The number of halogens is 1. The van der Waals surface area contributed by atoms with Crippen LogP contribution in [-0.2, 0) is 17.8 Å². The van der Waals surface area contributed by atoms with Gasteiger partial charge in [-0.15, -0.1) is 0 Å². The summed E-state index contributed by atoms with van der Waals surface area (Å²) in [7, 11) is 0. The summed E-state index contributed by atoms with van der Waals surface area (Å²) in [6.45, 7) is 7.05. The lowest BCUT2D eigenvalue weighted by Crippen LogP contribution is -2.31. The first-order valence-corrected chi connectivity index (χ1v) is 9.89. The fraction of sp³-hybridized carbons (Fsp3) is 0.273. The van der Waals surface area contributed by atoms with Crippen molar-refractivity contribution < 1.29 is 4.79 Å². The molecule has 0 aliphatic carbocycles. The Kier molecular flexibility index (Phi) is 5.20. The minimum Gasteiger partial charge on any atom is -0.352 e. The SMILES string of the molecule is CC(=O)Nc1ccc2c(n1)CCN(c1cc(-c3ncc(C)cc3C)c(Cl)cn1)C2. The normalized spacial score (nSPS) is 13.2. The summed E-state index contributed by atoms with van der Waals surface area (Å²) in [6.07, 6.45) is 4.33. The topological polar surface area (TPSA) is 71.0 Å². The molecule has 0 fully saturated rings. The van der Waals surface area contributed by atoms with E-state index in [-0.39, 0.29) is 5.91 Å². The van der Waals surface area contributed by atoms with Gasteiger partial charge in [0.05, 0.1) is 10.7 Å². The van der Waals surface area contributed by atoms with E-state index in [1.807, 2.05) is 38.2 Å². The van der Waals surface area contributed by atoms with E-state index >= 15 is 0 Å². The van der Waals surface area contributed by atoms with E-state index in [4.69, 9.17) is 11.6 Å². The van der Waals surface area contributed by atoms with Crippen LogP contribution >= 0.6 is 11.6 Å². The Morgan fingerprint density at radius 3 is 2.76 bits per heavy atom. The highest BCUT2D eigenvalue weighted by molar-refractivity contribution is 6.33. The van der Waals surface area contributed by atoms with E-state index < -0.39 is 0 Å². The van der Waals surface area contributed by atoms with Crippen LogP contribution in [-0.4, -0.2) is 27.4 Å². The van der Waals surface area contributed by atoms with Crippen LogP contribution in [0.1, 0.15) is 29.3 Å².